The normalized spacial score (nSPS) is 10.6. The van der Waals surface area contributed by atoms with Crippen molar-refractivity contribution >= 4 is 28.0 Å². The van der Waals surface area contributed by atoms with E-state index >= 15 is 0 Å². The SMILES string of the molecule is O=C(OCC=Cc1ccccc1Br)c1ccccc1. The van der Waals surface area contributed by atoms with Gasteiger partial charge in [0.05, 0.1) is 5.56 Å². The van der Waals surface area contributed by atoms with Crippen LogP contribution in [-0.2, 0) is 4.74 Å². The Kier molecular flexibility index (Phi) is 4.93. The first-order chi connectivity index (χ1) is 9.27. The average molecular weight is 317 g/mol. The summed E-state index contributed by atoms with van der Waals surface area (Å²) in [6.45, 7) is 0.259. The van der Waals surface area contributed by atoms with Gasteiger partial charge in [-0.05, 0) is 29.8 Å². The molecular formula is C16H13BrO2. The lowest BCUT2D eigenvalue weighted by Crippen LogP contribution is -2.04. The second-order valence-corrected chi connectivity index (χ2v) is 4.74. The summed E-state index contributed by atoms with van der Waals surface area (Å²) in [5.74, 6) is -0.308. The Morgan fingerprint density at radius 2 is 1.74 bits per heavy atom. The van der Waals surface area contributed by atoms with Gasteiger partial charge in [-0.2, -0.15) is 0 Å². The molecule has 3 heteroatoms. The number of halogens is 1. The second kappa shape index (κ2) is 6.90. The van der Waals surface area contributed by atoms with Gasteiger partial charge in [-0.15, -0.1) is 0 Å². The van der Waals surface area contributed by atoms with Crippen LogP contribution in [0.25, 0.3) is 6.08 Å². The highest BCUT2D eigenvalue weighted by atomic mass is 79.9. The van der Waals surface area contributed by atoms with Crippen LogP contribution in [0.5, 0.6) is 0 Å². The van der Waals surface area contributed by atoms with Crippen molar-refractivity contribution in [2.24, 2.45) is 0 Å². The molecule has 0 spiro atoms. The molecule has 0 saturated heterocycles. The first-order valence-electron chi connectivity index (χ1n) is 5.90. The van der Waals surface area contributed by atoms with Gasteiger partial charge >= 0.3 is 5.97 Å². The minimum atomic E-state index is -0.308. The Hall–Kier alpha value is -1.87. The van der Waals surface area contributed by atoms with Crippen molar-refractivity contribution in [3.8, 4) is 0 Å². The number of hydrogen-bond donors (Lipinski definition) is 0. The molecule has 2 aromatic carbocycles. The summed E-state index contributed by atoms with van der Waals surface area (Å²) >= 11 is 3.46. The summed E-state index contributed by atoms with van der Waals surface area (Å²) in [5.41, 5.74) is 1.62. The molecule has 0 aliphatic heterocycles. The lowest BCUT2D eigenvalue weighted by Gasteiger charge is -2.01. The van der Waals surface area contributed by atoms with E-state index in [0.717, 1.165) is 10.0 Å². The molecule has 2 aromatic rings. The molecule has 0 aliphatic carbocycles. The van der Waals surface area contributed by atoms with Gasteiger partial charge in [-0.3, -0.25) is 0 Å². The molecule has 96 valence electrons. The highest BCUT2D eigenvalue weighted by Gasteiger charge is 2.03. The molecule has 0 unspecified atom stereocenters. The maximum atomic E-state index is 11.7. The summed E-state index contributed by atoms with van der Waals surface area (Å²) in [5, 5.41) is 0. The fourth-order valence-corrected chi connectivity index (χ4v) is 1.98. The molecule has 0 aromatic heterocycles. The van der Waals surface area contributed by atoms with Crippen molar-refractivity contribution < 1.29 is 9.53 Å². The van der Waals surface area contributed by atoms with Gasteiger partial charge in [0, 0.05) is 4.47 Å². The highest BCUT2D eigenvalue weighted by molar-refractivity contribution is 9.10. The summed E-state index contributed by atoms with van der Waals surface area (Å²) in [6, 6.07) is 16.8. The number of benzene rings is 2. The van der Waals surface area contributed by atoms with E-state index in [9.17, 15) is 4.79 Å². The molecule has 0 fully saturated rings. The van der Waals surface area contributed by atoms with Gasteiger partial charge in [-0.1, -0.05) is 58.4 Å². The molecule has 0 saturated carbocycles. The Labute approximate surface area is 120 Å². The van der Waals surface area contributed by atoms with Crippen LogP contribution in [0.2, 0.25) is 0 Å². The lowest BCUT2D eigenvalue weighted by molar-refractivity contribution is 0.0550. The zero-order valence-corrected chi connectivity index (χ0v) is 11.8. The van der Waals surface area contributed by atoms with Crippen LogP contribution in [-0.4, -0.2) is 12.6 Å². The first-order valence-corrected chi connectivity index (χ1v) is 6.70. The Bertz CT molecular complexity index is 576. The van der Waals surface area contributed by atoms with Crippen molar-refractivity contribution in [3.05, 3.63) is 76.3 Å². The van der Waals surface area contributed by atoms with E-state index in [2.05, 4.69) is 15.9 Å². The quantitative estimate of drug-likeness (QED) is 0.785. The zero-order chi connectivity index (χ0) is 13.5. The van der Waals surface area contributed by atoms with Gasteiger partial charge in [0.25, 0.3) is 0 Å². The number of carbonyl (C=O) groups excluding carboxylic acids is 1. The highest BCUT2D eigenvalue weighted by Crippen LogP contribution is 2.16. The van der Waals surface area contributed by atoms with Crippen LogP contribution >= 0.6 is 15.9 Å². The summed E-state index contributed by atoms with van der Waals surface area (Å²) in [4.78, 5) is 11.7. The Morgan fingerprint density at radius 3 is 2.47 bits per heavy atom. The van der Waals surface area contributed by atoms with Crippen LogP contribution < -0.4 is 0 Å². The van der Waals surface area contributed by atoms with Crippen LogP contribution in [0.1, 0.15) is 15.9 Å². The third kappa shape index (κ3) is 4.07. The minimum absolute atomic E-state index is 0.259. The molecule has 19 heavy (non-hydrogen) atoms. The standard InChI is InChI=1S/C16H13BrO2/c17-15-11-5-4-7-13(15)10-6-12-19-16(18)14-8-2-1-3-9-14/h1-11H,12H2. The zero-order valence-electron chi connectivity index (χ0n) is 10.3. The van der Waals surface area contributed by atoms with Gasteiger partial charge in [-0.25, -0.2) is 4.79 Å². The monoisotopic (exact) mass is 316 g/mol. The third-order valence-electron chi connectivity index (χ3n) is 2.52. The summed E-state index contributed by atoms with van der Waals surface area (Å²) < 4.78 is 6.16. The van der Waals surface area contributed by atoms with E-state index in [1.807, 2.05) is 54.6 Å². The first kappa shape index (κ1) is 13.6. The Balaban J connectivity index is 1.87. The van der Waals surface area contributed by atoms with Crippen molar-refractivity contribution in [1.82, 2.24) is 0 Å². The molecular weight excluding hydrogens is 304 g/mol. The Morgan fingerprint density at radius 1 is 1.05 bits per heavy atom. The molecule has 0 radical (unpaired) electrons. The van der Waals surface area contributed by atoms with Gasteiger partial charge in [0.15, 0.2) is 0 Å². The van der Waals surface area contributed by atoms with Crippen LogP contribution in [0.15, 0.2) is 65.1 Å². The van der Waals surface area contributed by atoms with Crippen LogP contribution in [0.4, 0.5) is 0 Å². The van der Waals surface area contributed by atoms with Gasteiger partial charge < -0.3 is 4.74 Å². The largest absolute Gasteiger partial charge is 0.458 e. The fraction of sp³-hybridized carbons (Fsp3) is 0.0625. The smallest absolute Gasteiger partial charge is 0.338 e. The van der Waals surface area contributed by atoms with Crippen molar-refractivity contribution in [2.75, 3.05) is 6.61 Å². The van der Waals surface area contributed by atoms with Gasteiger partial charge in [0.2, 0.25) is 0 Å². The van der Waals surface area contributed by atoms with E-state index < -0.39 is 0 Å². The van der Waals surface area contributed by atoms with Crippen molar-refractivity contribution in [2.45, 2.75) is 0 Å². The van der Waals surface area contributed by atoms with E-state index in [0.29, 0.717) is 5.56 Å². The van der Waals surface area contributed by atoms with Crippen molar-refractivity contribution in [3.63, 3.8) is 0 Å². The molecule has 0 amide bonds. The molecule has 0 N–H and O–H groups in total. The number of hydrogen-bond acceptors (Lipinski definition) is 2. The maximum Gasteiger partial charge on any atom is 0.338 e. The fourth-order valence-electron chi connectivity index (χ4n) is 1.57. The average Bonchev–Trinajstić information content (AvgIpc) is 2.46. The van der Waals surface area contributed by atoms with Gasteiger partial charge in [0.1, 0.15) is 6.61 Å². The summed E-state index contributed by atoms with van der Waals surface area (Å²) in [7, 11) is 0. The van der Waals surface area contributed by atoms with Crippen LogP contribution in [0.3, 0.4) is 0 Å². The predicted octanol–water partition coefficient (Wildman–Crippen LogP) is 4.32. The number of esters is 1. The summed E-state index contributed by atoms with van der Waals surface area (Å²) in [6.07, 6.45) is 3.74. The second-order valence-electron chi connectivity index (χ2n) is 3.89. The van der Waals surface area contributed by atoms with E-state index in [4.69, 9.17) is 4.74 Å². The maximum absolute atomic E-state index is 11.7. The molecule has 0 aliphatic rings. The molecule has 0 heterocycles. The minimum Gasteiger partial charge on any atom is -0.458 e. The third-order valence-corrected chi connectivity index (χ3v) is 3.24. The predicted molar refractivity (Wildman–Crippen MR) is 79.9 cm³/mol. The van der Waals surface area contributed by atoms with Crippen LogP contribution in [0, 0.1) is 0 Å². The lowest BCUT2D eigenvalue weighted by atomic mass is 10.2. The molecule has 0 atom stereocenters. The molecule has 0 bridgehead atoms. The van der Waals surface area contributed by atoms with E-state index in [-0.39, 0.29) is 12.6 Å². The number of rotatable bonds is 4. The number of ether oxygens (including phenoxy) is 1. The number of carbonyl (C=O) groups is 1. The van der Waals surface area contributed by atoms with E-state index in [1.54, 1.807) is 12.1 Å². The van der Waals surface area contributed by atoms with Crippen molar-refractivity contribution in [1.29, 1.82) is 0 Å². The van der Waals surface area contributed by atoms with E-state index in [1.165, 1.54) is 0 Å². The molecule has 2 nitrogen and oxygen atoms in total. The topological polar surface area (TPSA) is 26.3 Å². The molecule has 2 rings (SSSR count).